The summed E-state index contributed by atoms with van der Waals surface area (Å²) < 4.78 is 12.4. The van der Waals surface area contributed by atoms with Crippen molar-refractivity contribution in [2.75, 3.05) is 6.67 Å². The van der Waals surface area contributed by atoms with E-state index in [-0.39, 0.29) is 17.5 Å². The van der Waals surface area contributed by atoms with Crippen LogP contribution in [-0.2, 0) is 0 Å². The van der Waals surface area contributed by atoms with Gasteiger partial charge in [-0.25, -0.2) is 0 Å². The number of rotatable bonds is 3. The summed E-state index contributed by atoms with van der Waals surface area (Å²) in [6, 6.07) is 0. The molecule has 0 fully saturated rings. The Bertz CT molecular complexity index is 123. The Kier molecular flexibility index (Phi) is 2.64. The van der Waals surface area contributed by atoms with Gasteiger partial charge in [0.25, 0.3) is 0 Å². The molecular weight excluding hydrogens is 127 g/mol. The molecule has 1 heteroatoms. The van der Waals surface area contributed by atoms with E-state index in [0.717, 1.165) is 0 Å². The van der Waals surface area contributed by atoms with E-state index in [1.54, 1.807) is 0 Å². The minimum Gasteiger partial charge on any atom is -0.250 e. The average Bonchev–Trinajstić information content (AvgIpc) is 1.88. The van der Waals surface area contributed by atoms with E-state index < -0.39 is 0 Å². The lowest BCUT2D eigenvalue weighted by Gasteiger charge is -2.36. The van der Waals surface area contributed by atoms with Crippen molar-refractivity contribution in [3.8, 4) is 0 Å². The third-order valence-corrected chi connectivity index (χ3v) is 2.59. The lowest BCUT2D eigenvalue weighted by atomic mass is 9.69. The molecule has 0 aromatic carbocycles. The maximum Gasteiger partial charge on any atom is 0.0953 e. The molecule has 0 nitrogen and oxygen atoms in total. The fourth-order valence-electron chi connectivity index (χ4n) is 0.448. The molecule has 60 valence electrons. The van der Waals surface area contributed by atoms with Crippen molar-refractivity contribution in [1.82, 2.24) is 0 Å². The standard InChI is InChI=1S/C9H17F/c1-6-8(2,3)9(4,5)7-10/h6H,1,7H2,2-5H3. The van der Waals surface area contributed by atoms with Gasteiger partial charge in [0.15, 0.2) is 0 Å². The summed E-state index contributed by atoms with van der Waals surface area (Å²) in [6.45, 7) is 11.2. The highest BCUT2D eigenvalue weighted by Crippen LogP contribution is 2.39. The Balaban J connectivity index is 4.43. The van der Waals surface area contributed by atoms with Crippen LogP contribution in [0.3, 0.4) is 0 Å². The van der Waals surface area contributed by atoms with Gasteiger partial charge >= 0.3 is 0 Å². The monoisotopic (exact) mass is 144 g/mol. The van der Waals surface area contributed by atoms with Crippen LogP contribution in [0.1, 0.15) is 27.7 Å². The lowest BCUT2D eigenvalue weighted by Crippen LogP contribution is -2.32. The Labute approximate surface area is 63.1 Å². The van der Waals surface area contributed by atoms with E-state index in [2.05, 4.69) is 6.58 Å². The summed E-state index contributed by atoms with van der Waals surface area (Å²) in [4.78, 5) is 0. The van der Waals surface area contributed by atoms with Crippen LogP contribution in [0.2, 0.25) is 0 Å². The van der Waals surface area contributed by atoms with Gasteiger partial charge in [0.05, 0.1) is 6.67 Å². The molecule has 0 rings (SSSR count). The van der Waals surface area contributed by atoms with Gasteiger partial charge in [-0.1, -0.05) is 33.8 Å². The predicted octanol–water partition coefficient (Wildman–Crippen LogP) is 3.19. The van der Waals surface area contributed by atoms with Gasteiger partial charge in [0.2, 0.25) is 0 Å². The highest BCUT2D eigenvalue weighted by molar-refractivity contribution is 4.97. The topological polar surface area (TPSA) is 0 Å². The molecule has 0 aliphatic carbocycles. The van der Waals surface area contributed by atoms with Gasteiger partial charge in [-0.15, -0.1) is 6.58 Å². The molecule has 0 bridgehead atoms. The Morgan fingerprint density at radius 1 is 1.30 bits per heavy atom. The molecule has 0 amide bonds. The lowest BCUT2D eigenvalue weighted by molar-refractivity contribution is 0.121. The maximum absolute atomic E-state index is 12.4. The van der Waals surface area contributed by atoms with Crippen LogP contribution in [0.15, 0.2) is 12.7 Å². The Morgan fingerprint density at radius 2 is 1.70 bits per heavy atom. The Hall–Kier alpha value is -0.330. The first-order valence-electron chi connectivity index (χ1n) is 3.57. The van der Waals surface area contributed by atoms with Crippen molar-refractivity contribution in [2.45, 2.75) is 27.7 Å². The van der Waals surface area contributed by atoms with E-state index >= 15 is 0 Å². The highest BCUT2D eigenvalue weighted by atomic mass is 19.1. The smallest absolute Gasteiger partial charge is 0.0953 e. The van der Waals surface area contributed by atoms with Crippen LogP contribution in [0.5, 0.6) is 0 Å². The molecule has 0 aromatic rings. The van der Waals surface area contributed by atoms with E-state index in [0.29, 0.717) is 0 Å². The van der Waals surface area contributed by atoms with Crippen molar-refractivity contribution in [1.29, 1.82) is 0 Å². The van der Waals surface area contributed by atoms with Crippen LogP contribution in [0.4, 0.5) is 4.39 Å². The Morgan fingerprint density at radius 3 is 1.80 bits per heavy atom. The van der Waals surface area contributed by atoms with Crippen LogP contribution in [0.25, 0.3) is 0 Å². The zero-order chi connectivity index (χ0) is 8.41. The van der Waals surface area contributed by atoms with Gasteiger partial charge in [-0.05, 0) is 5.41 Å². The highest BCUT2D eigenvalue weighted by Gasteiger charge is 2.34. The average molecular weight is 144 g/mol. The first-order valence-corrected chi connectivity index (χ1v) is 3.57. The quantitative estimate of drug-likeness (QED) is 0.533. The van der Waals surface area contributed by atoms with Gasteiger partial charge in [-0.2, -0.15) is 0 Å². The largest absolute Gasteiger partial charge is 0.250 e. The number of alkyl halides is 1. The number of halogens is 1. The number of hydrogen-bond donors (Lipinski definition) is 0. The maximum atomic E-state index is 12.4. The van der Waals surface area contributed by atoms with E-state index in [1.165, 1.54) is 0 Å². The molecule has 0 unspecified atom stereocenters. The molecule has 0 aromatic heterocycles. The van der Waals surface area contributed by atoms with Crippen molar-refractivity contribution in [3.05, 3.63) is 12.7 Å². The van der Waals surface area contributed by atoms with Crippen LogP contribution >= 0.6 is 0 Å². The summed E-state index contributed by atoms with van der Waals surface area (Å²) in [5.41, 5.74) is -0.420. The van der Waals surface area contributed by atoms with Crippen molar-refractivity contribution >= 4 is 0 Å². The van der Waals surface area contributed by atoms with E-state index in [9.17, 15) is 4.39 Å². The first-order chi connectivity index (χ1) is 4.37. The number of allylic oxidation sites excluding steroid dienone is 1. The minimum atomic E-state index is -0.300. The second kappa shape index (κ2) is 2.73. The molecule has 0 N–H and O–H groups in total. The summed E-state index contributed by atoms with van der Waals surface area (Å²) in [5, 5.41) is 0. The molecule has 0 radical (unpaired) electrons. The molecule has 0 atom stereocenters. The van der Waals surface area contributed by atoms with Crippen LogP contribution in [0, 0.1) is 10.8 Å². The zero-order valence-electron chi connectivity index (χ0n) is 7.37. The summed E-state index contributed by atoms with van der Waals surface area (Å²) in [7, 11) is 0. The van der Waals surface area contributed by atoms with E-state index in [4.69, 9.17) is 0 Å². The van der Waals surface area contributed by atoms with Crippen LogP contribution in [-0.4, -0.2) is 6.67 Å². The summed E-state index contributed by atoms with van der Waals surface area (Å²) in [6.07, 6.45) is 1.81. The molecular formula is C9H17F. The van der Waals surface area contributed by atoms with Gasteiger partial charge in [-0.3, -0.25) is 4.39 Å². The van der Waals surface area contributed by atoms with Gasteiger partial charge in [0.1, 0.15) is 0 Å². The minimum absolute atomic E-state index is 0.123. The van der Waals surface area contributed by atoms with Crippen molar-refractivity contribution in [2.24, 2.45) is 10.8 Å². The number of hydrogen-bond acceptors (Lipinski definition) is 0. The van der Waals surface area contributed by atoms with Gasteiger partial charge in [0, 0.05) is 5.41 Å². The van der Waals surface area contributed by atoms with Crippen LogP contribution < -0.4 is 0 Å². The van der Waals surface area contributed by atoms with Gasteiger partial charge < -0.3 is 0 Å². The molecule has 0 spiro atoms. The second-order valence-electron chi connectivity index (χ2n) is 3.94. The third kappa shape index (κ3) is 1.59. The molecule has 0 heterocycles. The SMILES string of the molecule is C=CC(C)(C)C(C)(C)CF. The summed E-state index contributed by atoms with van der Waals surface area (Å²) >= 11 is 0. The predicted molar refractivity (Wildman–Crippen MR) is 43.7 cm³/mol. The summed E-state index contributed by atoms with van der Waals surface area (Å²) in [5.74, 6) is 0. The third-order valence-electron chi connectivity index (χ3n) is 2.59. The normalized spacial score (nSPS) is 13.3. The molecule has 0 aliphatic rings. The van der Waals surface area contributed by atoms with E-state index in [1.807, 2.05) is 33.8 Å². The molecule has 10 heavy (non-hydrogen) atoms. The second-order valence-corrected chi connectivity index (χ2v) is 3.94. The molecule has 0 saturated heterocycles. The zero-order valence-corrected chi connectivity index (χ0v) is 7.37. The van der Waals surface area contributed by atoms with Crippen molar-refractivity contribution in [3.63, 3.8) is 0 Å². The first kappa shape index (κ1) is 9.67. The fraction of sp³-hybridized carbons (Fsp3) is 0.778. The molecule has 0 saturated carbocycles. The molecule has 0 aliphatic heterocycles. The fourth-order valence-corrected chi connectivity index (χ4v) is 0.448. The van der Waals surface area contributed by atoms with Crippen molar-refractivity contribution < 1.29 is 4.39 Å².